The van der Waals surface area contributed by atoms with E-state index in [2.05, 4.69) is 0 Å². The minimum Gasteiger partial charge on any atom is -0.497 e. The number of methoxy groups -OCH3 is 2. The van der Waals surface area contributed by atoms with Crippen molar-refractivity contribution in [2.45, 2.75) is 0 Å². The maximum atomic E-state index is 11.3. The zero-order valence-electron chi connectivity index (χ0n) is 12.2. The second-order valence-corrected chi connectivity index (χ2v) is 4.77. The highest BCUT2D eigenvalue weighted by Gasteiger charge is 2.14. The van der Waals surface area contributed by atoms with E-state index in [1.165, 1.54) is 0 Å². The van der Waals surface area contributed by atoms with E-state index >= 15 is 0 Å². The topological polar surface area (TPSA) is 60.7 Å². The molecule has 0 amide bonds. The normalized spacial score (nSPS) is 10.6. The van der Waals surface area contributed by atoms with E-state index in [0.29, 0.717) is 16.9 Å². The zero-order chi connectivity index (χ0) is 15.7. The highest BCUT2D eigenvalue weighted by atomic mass is 16.5. The zero-order valence-corrected chi connectivity index (χ0v) is 12.2. The van der Waals surface area contributed by atoms with Crippen LogP contribution in [0.25, 0.3) is 16.6 Å². The van der Waals surface area contributed by atoms with Crippen LogP contribution in [-0.4, -0.2) is 29.9 Å². The van der Waals surface area contributed by atoms with Gasteiger partial charge in [0.2, 0.25) is 0 Å². The summed E-state index contributed by atoms with van der Waals surface area (Å²) in [4.78, 5) is 11.3. The lowest BCUT2D eigenvalue weighted by atomic mass is 10.1. The largest absolute Gasteiger partial charge is 0.497 e. The average Bonchev–Trinajstić information content (AvgIpc) is 2.97. The average molecular weight is 297 g/mol. The minimum atomic E-state index is -0.944. The summed E-state index contributed by atoms with van der Waals surface area (Å²) in [6.45, 7) is 0. The van der Waals surface area contributed by atoms with E-state index in [1.807, 2.05) is 35.0 Å². The van der Waals surface area contributed by atoms with Crippen LogP contribution in [0.4, 0.5) is 0 Å². The fourth-order valence-electron chi connectivity index (χ4n) is 2.55. The fraction of sp³-hybridized carbons (Fsp3) is 0.118. The Kier molecular flexibility index (Phi) is 3.47. The van der Waals surface area contributed by atoms with Gasteiger partial charge in [-0.2, -0.15) is 0 Å². The first-order valence-corrected chi connectivity index (χ1v) is 6.71. The maximum Gasteiger partial charge on any atom is 0.336 e. The van der Waals surface area contributed by atoms with E-state index in [1.54, 1.807) is 32.4 Å². The van der Waals surface area contributed by atoms with Crippen molar-refractivity contribution in [3.8, 4) is 17.2 Å². The number of carboxylic acids is 1. The number of nitrogens with zero attached hydrogens (tertiary/aromatic N) is 1. The van der Waals surface area contributed by atoms with Crippen LogP contribution in [0.2, 0.25) is 0 Å². The van der Waals surface area contributed by atoms with Gasteiger partial charge in [0, 0.05) is 17.6 Å². The lowest BCUT2D eigenvalue weighted by Crippen LogP contribution is -1.99. The summed E-state index contributed by atoms with van der Waals surface area (Å²) in [6.07, 6.45) is 1.83. The van der Waals surface area contributed by atoms with Crippen molar-refractivity contribution < 1.29 is 19.4 Å². The number of aromatic carboxylic acids is 1. The van der Waals surface area contributed by atoms with Crippen LogP contribution >= 0.6 is 0 Å². The molecule has 0 radical (unpaired) electrons. The van der Waals surface area contributed by atoms with E-state index in [4.69, 9.17) is 9.47 Å². The van der Waals surface area contributed by atoms with Crippen molar-refractivity contribution in [3.05, 3.63) is 54.2 Å². The first kappa shape index (κ1) is 14.0. The van der Waals surface area contributed by atoms with Gasteiger partial charge in [0.05, 0.1) is 31.0 Å². The molecule has 0 saturated carbocycles. The van der Waals surface area contributed by atoms with Crippen molar-refractivity contribution >= 4 is 16.9 Å². The van der Waals surface area contributed by atoms with E-state index < -0.39 is 5.97 Å². The number of rotatable bonds is 4. The van der Waals surface area contributed by atoms with Gasteiger partial charge in [-0.25, -0.2) is 4.79 Å². The molecule has 0 atom stereocenters. The molecule has 2 aromatic carbocycles. The molecular formula is C17H15NO4. The summed E-state index contributed by atoms with van der Waals surface area (Å²) in [6, 6.07) is 12.5. The Bertz CT molecular complexity index is 851. The molecule has 1 N–H and O–H groups in total. The molecular weight excluding hydrogens is 282 g/mol. The van der Waals surface area contributed by atoms with Crippen molar-refractivity contribution in [3.63, 3.8) is 0 Å². The van der Waals surface area contributed by atoms with Gasteiger partial charge in [-0.05, 0) is 30.3 Å². The first-order chi connectivity index (χ1) is 10.7. The standard InChI is InChI=1S/C17H15NO4/c1-21-11-6-7-16(22-2)15(10-11)18-9-8-12-13(17(19)20)4-3-5-14(12)18/h3-10H,1-2H3,(H,19,20). The number of carboxylic acid groups (broad SMARTS) is 1. The number of benzene rings is 2. The van der Waals surface area contributed by atoms with Gasteiger partial charge >= 0.3 is 5.97 Å². The van der Waals surface area contributed by atoms with Crippen LogP contribution in [0, 0.1) is 0 Å². The number of aromatic nitrogens is 1. The molecule has 5 heteroatoms. The molecule has 0 saturated heterocycles. The number of fused-ring (bicyclic) bond motifs is 1. The molecule has 0 aliphatic carbocycles. The highest BCUT2D eigenvalue weighted by molar-refractivity contribution is 6.03. The van der Waals surface area contributed by atoms with Gasteiger partial charge < -0.3 is 19.1 Å². The number of hydrogen-bond donors (Lipinski definition) is 1. The molecule has 0 aliphatic rings. The number of ether oxygens (including phenoxy) is 2. The molecule has 0 fully saturated rings. The number of hydrogen-bond acceptors (Lipinski definition) is 3. The minimum absolute atomic E-state index is 0.276. The summed E-state index contributed by atoms with van der Waals surface area (Å²) in [7, 11) is 3.20. The Morgan fingerprint density at radius 1 is 1.09 bits per heavy atom. The molecule has 0 spiro atoms. The lowest BCUT2D eigenvalue weighted by molar-refractivity contribution is 0.0699. The molecule has 22 heavy (non-hydrogen) atoms. The van der Waals surface area contributed by atoms with Gasteiger partial charge in [0.25, 0.3) is 0 Å². The summed E-state index contributed by atoms with van der Waals surface area (Å²) >= 11 is 0. The lowest BCUT2D eigenvalue weighted by Gasteiger charge is -2.12. The molecule has 0 aliphatic heterocycles. The molecule has 1 aromatic heterocycles. The third-order valence-electron chi connectivity index (χ3n) is 3.61. The van der Waals surface area contributed by atoms with Crippen molar-refractivity contribution in [2.24, 2.45) is 0 Å². The molecule has 1 heterocycles. The van der Waals surface area contributed by atoms with E-state index in [0.717, 1.165) is 11.2 Å². The third kappa shape index (κ3) is 2.16. The molecule has 112 valence electrons. The second-order valence-electron chi connectivity index (χ2n) is 4.77. The second kappa shape index (κ2) is 5.44. The van der Waals surface area contributed by atoms with E-state index in [9.17, 15) is 9.90 Å². The maximum absolute atomic E-state index is 11.3. The summed E-state index contributed by atoms with van der Waals surface area (Å²) in [5, 5.41) is 9.97. The van der Waals surface area contributed by atoms with E-state index in [-0.39, 0.29) is 5.56 Å². The third-order valence-corrected chi connectivity index (χ3v) is 3.61. The van der Waals surface area contributed by atoms with Gasteiger partial charge in [-0.1, -0.05) is 6.07 Å². The summed E-state index contributed by atoms with van der Waals surface area (Å²) < 4.78 is 12.6. The van der Waals surface area contributed by atoms with Crippen molar-refractivity contribution in [1.82, 2.24) is 4.57 Å². The van der Waals surface area contributed by atoms with Crippen molar-refractivity contribution in [2.75, 3.05) is 14.2 Å². The van der Waals surface area contributed by atoms with Gasteiger partial charge in [-0.15, -0.1) is 0 Å². The quantitative estimate of drug-likeness (QED) is 0.802. The van der Waals surface area contributed by atoms with Crippen LogP contribution in [0.3, 0.4) is 0 Å². The van der Waals surface area contributed by atoms with Gasteiger partial charge in [0.15, 0.2) is 0 Å². The predicted octanol–water partition coefficient (Wildman–Crippen LogP) is 3.35. The molecule has 0 unspecified atom stereocenters. The summed E-state index contributed by atoms with van der Waals surface area (Å²) in [5.74, 6) is 0.437. The fourth-order valence-corrected chi connectivity index (χ4v) is 2.55. The van der Waals surface area contributed by atoms with Gasteiger partial charge in [0.1, 0.15) is 11.5 Å². The molecule has 0 bridgehead atoms. The Morgan fingerprint density at radius 2 is 1.91 bits per heavy atom. The van der Waals surface area contributed by atoms with Gasteiger partial charge in [-0.3, -0.25) is 0 Å². The molecule has 3 aromatic rings. The Balaban J connectivity index is 2.27. The SMILES string of the molecule is COc1ccc(OC)c(-n2ccc3c(C(=O)O)cccc32)c1. The van der Waals surface area contributed by atoms with Crippen LogP contribution < -0.4 is 9.47 Å². The molecule has 3 rings (SSSR count). The highest BCUT2D eigenvalue weighted by Crippen LogP contribution is 2.31. The van der Waals surface area contributed by atoms with Crippen molar-refractivity contribution in [1.29, 1.82) is 0 Å². The molecule has 5 nitrogen and oxygen atoms in total. The smallest absolute Gasteiger partial charge is 0.336 e. The first-order valence-electron chi connectivity index (χ1n) is 6.71. The Morgan fingerprint density at radius 3 is 2.59 bits per heavy atom. The summed E-state index contributed by atoms with van der Waals surface area (Å²) in [5.41, 5.74) is 1.86. The van der Waals surface area contributed by atoms with Crippen LogP contribution in [0.15, 0.2) is 48.7 Å². The van der Waals surface area contributed by atoms with Crippen LogP contribution in [0.5, 0.6) is 11.5 Å². The van der Waals surface area contributed by atoms with Crippen LogP contribution in [-0.2, 0) is 0 Å². The Hall–Kier alpha value is -2.95. The van der Waals surface area contributed by atoms with Crippen LogP contribution in [0.1, 0.15) is 10.4 Å². The Labute approximate surface area is 127 Å². The monoisotopic (exact) mass is 297 g/mol. The predicted molar refractivity (Wildman–Crippen MR) is 83.3 cm³/mol. The number of carbonyl (C=O) groups is 1.